The Morgan fingerprint density at radius 2 is 2.31 bits per heavy atom. The Kier molecular flexibility index (Phi) is 5.49. The van der Waals surface area contributed by atoms with Crippen LogP contribution < -0.4 is 5.73 Å². The van der Waals surface area contributed by atoms with Gasteiger partial charge >= 0.3 is 5.97 Å². The van der Waals surface area contributed by atoms with Crippen molar-refractivity contribution in [2.24, 2.45) is 11.7 Å². The molecule has 1 rings (SSSR count). The minimum atomic E-state index is -0.218. The highest BCUT2D eigenvalue weighted by molar-refractivity contribution is 9.10. The van der Waals surface area contributed by atoms with E-state index >= 15 is 0 Å². The molecule has 0 heterocycles. The number of nitrogens with two attached hydrogens (primary N) is 1. The van der Waals surface area contributed by atoms with Gasteiger partial charge in [-0.3, -0.25) is 4.79 Å². The molecule has 88 valence electrons. The molecule has 0 aliphatic heterocycles. The fourth-order valence-electron chi connectivity index (χ4n) is 1.33. The SMILES string of the molecule is CCC(CN)C(=O)OCc1cccc(Br)c1. The molecule has 0 aromatic heterocycles. The van der Waals surface area contributed by atoms with Crippen molar-refractivity contribution in [1.29, 1.82) is 0 Å². The lowest BCUT2D eigenvalue weighted by atomic mass is 10.1. The van der Waals surface area contributed by atoms with Crippen molar-refractivity contribution >= 4 is 21.9 Å². The minimum absolute atomic E-state index is 0.188. The van der Waals surface area contributed by atoms with E-state index in [-0.39, 0.29) is 11.9 Å². The summed E-state index contributed by atoms with van der Waals surface area (Å²) in [6, 6.07) is 7.69. The zero-order chi connectivity index (χ0) is 12.0. The monoisotopic (exact) mass is 285 g/mol. The summed E-state index contributed by atoms with van der Waals surface area (Å²) in [5.74, 6) is -0.405. The van der Waals surface area contributed by atoms with E-state index in [0.29, 0.717) is 19.6 Å². The molecule has 1 atom stereocenters. The topological polar surface area (TPSA) is 52.3 Å². The average molecular weight is 286 g/mol. The molecule has 0 fully saturated rings. The molecule has 0 spiro atoms. The first kappa shape index (κ1) is 13.2. The van der Waals surface area contributed by atoms with E-state index in [9.17, 15) is 4.79 Å². The first-order chi connectivity index (χ1) is 7.67. The van der Waals surface area contributed by atoms with Crippen molar-refractivity contribution in [2.75, 3.05) is 6.54 Å². The van der Waals surface area contributed by atoms with Crippen LogP contribution in [0, 0.1) is 5.92 Å². The number of rotatable bonds is 5. The van der Waals surface area contributed by atoms with Gasteiger partial charge < -0.3 is 10.5 Å². The maximum absolute atomic E-state index is 11.5. The molecule has 4 heteroatoms. The molecular formula is C12H16BrNO2. The molecule has 1 aromatic rings. The van der Waals surface area contributed by atoms with E-state index in [4.69, 9.17) is 10.5 Å². The van der Waals surface area contributed by atoms with E-state index in [1.54, 1.807) is 0 Å². The van der Waals surface area contributed by atoms with Gasteiger partial charge in [0.25, 0.3) is 0 Å². The predicted octanol–water partition coefficient (Wildman–Crippen LogP) is 2.48. The fourth-order valence-corrected chi connectivity index (χ4v) is 1.78. The van der Waals surface area contributed by atoms with Gasteiger partial charge in [0.05, 0.1) is 5.92 Å². The van der Waals surface area contributed by atoms with E-state index in [2.05, 4.69) is 15.9 Å². The third-order valence-corrected chi connectivity index (χ3v) is 2.87. The lowest BCUT2D eigenvalue weighted by Crippen LogP contribution is -2.24. The zero-order valence-electron chi connectivity index (χ0n) is 9.28. The van der Waals surface area contributed by atoms with Gasteiger partial charge in [0.1, 0.15) is 6.61 Å². The van der Waals surface area contributed by atoms with Crippen molar-refractivity contribution in [1.82, 2.24) is 0 Å². The van der Waals surface area contributed by atoms with Gasteiger partial charge in [-0.05, 0) is 24.1 Å². The molecule has 0 saturated heterocycles. The van der Waals surface area contributed by atoms with Gasteiger partial charge in [0.2, 0.25) is 0 Å². The standard InChI is InChI=1S/C12H16BrNO2/c1-2-10(7-14)12(15)16-8-9-4-3-5-11(13)6-9/h3-6,10H,2,7-8,14H2,1H3. The van der Waals surface area contributed by atoms with Gasteiger partial charge in [-0.2, -0.15) is 0 Å². The number of carbonyl (C=O) groups excluding carboxylic acids is 1. The van der Waals surface area contributed by atoms with Crippen molar-refractivity contribution in [3.05, 3.63) is 34.3 Å². The Labute approximate surface area is 104 Å². The molecular weight excluding hydrogens is 270 g/mol. The van der Waals surface area contributed by atoms with E-state index < -0.39 is 0 Å². The third kappa shape index (κ3) is 3.94. The first-order valence-electron chi connectivity index (χ1n) is 5.28. The first-order valence-corrected chi connectivity index (χ1v) is 6.07. The average Bonchev–Trinajstić information content (AvgIpc) is 2.28. The summed E-state index contributed by atoms with van der Waals surface area (Å²) in [4.78, 5) is 11.5. The number of halogens is 1. The number of hydrogen-bond acceptors (Lipinski definition) is 3. The van der Waals surface area contributed by atoms with Crippen LogP contribution in [0.25, 0.3) is 0 Å². The molecule has 0 bridgehead atoms. The highest BCUT2D eigenvalue weighted by Gasteiger charge is 2.15. The van der Waals surface area contributed by atoms with Crippen LogP contribution in [0.2, 0.25) is 0 Å². The van der Waals surface area contributed by atoms with Crippen LogP contribution in [0.4, 0.5) is 0 Å². The van der Waals surface area contributed by atoms with Crippen LogP contribution in [-0.2, 0) is 16.1 Å². The molecule has 1 unspecified atom stereocenters. The van der Waals surface area contributed by atoms with Crippen molar-refractivity contribution in [3.8, 4) is 0 Å². The number of carbonyl (C=O) groups is 1. The summed E-state index contributed by atoms with van der Waals surface area (Å²) >= 11 is 3.36. The predicted molar refractivity (Wildman–Crippen MR) is 66.8 cm³/mol. The molecule has 16 heavy (non-hydrogen) atoms. The van der Waals surface area contributed by atoms with Crippen LogP contribution in [0.1, 0.15) is 18.9 Å². The lowest BCUT2D eigenvalue weighted by molar-refractivity contribution is -0.149. The van der Waals surface area contributed by atoms with Crippen molar-refractivity contribution < 1.29 is 9.53 Å². The Morgan fingerprint density at radius 1 is 1.56 bits per heavy atom. The van der Waals surface area contributed by atoms with Crippen LogP contribution in [0.3, 0.4) is 0 Å². The summed E-state index contributed by atoms with van der Waals surface area (Å²) in [6.07, 6.45) is 0.716. The Balaban J connectivity index is 2.48. The fraction of sp³-hybridized carbons (Fsp3) is 0.417. The second kappa shape index (κ2) is 6.66. The van der Waals surface area contributed by atoms with Crippen LogP contribution in [-0.4, -0.2) is 12.5 Å². The smallest absolute Gasteiger partial charge is 0.310 e. The summed E-state index contributed by atoms with van der Waals surface area (Å²) in [6.45, 7) is 2.57. The third-order valence-electron chi connectivity index (χ3n) is 2.38. The molecule has 0 aliphatic carbocycles. The summed E-state index contributed by atoms with van der Waals surface area (Å²) < 4.78 is 6.17. The molecule has 0 amide bonds. The second-order valence-electron chi connectivity index (χ2n) is 3.58. The Bertz CT molecular complexity index is 351. The molecule has 3 nitrogen and oxygen atoms in total. The van der Waals surface area contributed by atoms with Crippen LogP contribution in [0.5, 0.6) is 0 Å². The Morgan fingerprint density at radius 3 is 2.88 bits per heavy atom. The molecule has 1 aromatic carbocycles. The highest BCUT2D eigenvalue weighted by atomic mass is 79.9. The molecule has 0 aliphatic rings. The number of ether oxygens (including phenoxy) is 1. The van der Waals surface area contributed by atoms with Gasteiger partial charge in [0.15, 0.2) is 0 Å². The normalized spacial score (nSPS) is 12.2. The van der Waals surface area contributed by atoms with Gasteiger partial charge in [-0.15, -0.1) is 0 Å². The molecule has 2 N–H and O–H groups in total. The van der Waals surface area contributed by atoms with Gasteiger partial charge in [0, 0.05) is 11.0 Å². The van der Waals surface area contributed by atoms with E-state index in [0.717, 1.165) is 10.0 Å². The highest BCUT2D eigenvalue weighted by Crippen LogP contribution is 2.13. The second-order valence-corrected chi connectivity index (χ2v) is 4.49. The quantitative estimate of drug-likeness (QED) is 0.846. The van der Waals surface area contributed by atoms with Crippen LogP contribution in [0.15, 0.2) is 28.7 Å². The van der Waals surface area contributed by atoms with Crippen molar-refractivity contribution in [2.45, 2.75) is 20.0 Å². The van der Waals surface area contributed by atoms with E-state index in [1.807, 2.05) is 31.2 Å². The van der Waals surface area contributed by atoms with Crippen LogP contribution >= 0.6 is 15.9 Å². The summed E-state index contributed by atoms with van der Waals surface area (Å²) in [7, 11) is 0. The maximum Gasteiger partial charge on any atom is 0.310 e. The molecule has 0 radical (unpaired) electrons. The van der Waals surface area contributed by atoms with Crippen molar-refractivity contribution in [3.63, 3.8) is 0 Å². The summed E-state index contributed by atoms with van der Waals surface area (Å²) in [5.41, 5.74) is 6.44. The Hall–Kier alpha value is -0.870. The number of benzene rings is 1. The minimum Gasteiger partial charge on any atom is -0.461 e. The summed E-state index contributed by atoms with van der Waals surface area (Å²) in [5, 5.41) is 0. The lowest BCUT2D eigenvalue weighted by Gasteiger charge is -2.11. The number of esters is 1. The van der Waals surface area contributed by atoms with E-state index in [1.165, 1.54) is 0 Å². The molecule has 0 saturated carbocycles. The largest absolute Gasteiger partial charge is 0.461 e. The number of hydrogen-bond donors (Lipinski definition) is 1. The van der Waals surface area contributed by atoms with Gasteiger partial charge in [-0.1, -0.05) is 35.0 Å². The zero-order valence-corrected chi connectivity index (χ0v) is 10.9. The maximum atomic E-state index is 11.5. The van der Waals surface area contributed by atoms with Gasteiger partial charge in [-0.25, -0.2) is 0 Å².